The average Bonchev–Trinajstić information content (AvgIpc) is 2.55. The van der Waals surface area contributed by atoms with Gasteiger partial charge in [-0.05, 0) is 36.6 Å². The third kappa shape index (κ3) is 3.16. The van der Waals surface area contributed by atoms with Gasteiger partial charge in [-0.15, -0.1) is 0 Å². The van der Waals surface area contributed by atoms with Crippen LogP contribution in [0, 0.1) is 0 Å². The first-order chi connectivity index (χ1) is 10.6. The number of fused-ring (bicyclic) bond motifs is 1. The molecular formula is C18H19ClN2O. The molecule has 2 aromatic carbocycles. The maximum atomic E-state index is 12.5. The molecule has 0 saturated carbocycles. The molecular weight excluding hydrogens is 296 g/mol. The van der Waals surface area contributed by atoms with E-state index in [9.17, 15) is 4.79 Å². The van der Waals surface area contributed by atoms with Crippen LogP contribution in [-0.4, -0.2) is 23.4 Å². The number of rotatable bonds is 3. The van der Waals surface area contributed by atoms with E-state index in [1.807, 2.05) is 25.1 Å². The van der Waals surface area contributed by atoms with E-state index in [-0.39, 0.29) is 11.9 Å². The van der Waals surface area contributed by atoms with E-state index in [1.54, 1.807) is 6.07 Å². The lowest BCUT2D eigenvalue weighted by atomic mass is 9.99. The van der Waals surface area contributed by atoms with Crippen molar-refractivity contribution in [1.29, 1.82) is 0 Å². The second-order valence-corrected chi connectivity index (χ2v) is 6.04. The van der Waals surface area contributed by atoms with Crippen LogP contribution in [0.15, 0.2) is 48.5 Å². The zero-order valence-corrected chi connectivity index (χ0v) is 13.3. The van der Waals surface area contributed by atoms with Gasteiger partial charge in [-0.3, -0.25) is 9.69 Å². The third-order valence-electron chi connectivity index (χ3n) is 4.22. The SMILES string of the molecule is C[C@H](C(=O)Nc1ccccc1Cl)N1CCc2ccccc2C1. The van der Waals surface area contributed by atoms with Gasteiger partial charge in [-0.25, -0.2) is 0 Å². The summed E-state index contributed by atoms with van der Waals surface area (Å²) in [6.07, 6.45) is 0.986. The summed E-state index contributed by atoms with van der Waals surface area (Å²) in [6.45, 7) is 3.65. The number of halogens is 1. The van der Waals surface area contributed by atoms with Crippen molar-refractivity contribution in [3.63, 3.8) is 0 Å². The molecule has 4 heteroatoms. The second-order valence-electron chi connectivity index (χ2n) is 5.63. The molecule has 2 aromatic rings. The molecule has 0 aromatic heterocycles. The van der Waals surface area contributed by atoms with Crippen molar-refractivity contribution < 1.29 is 4.79 Å². The maximum absolute atomic E-state index is 12.5. The number of hydrogen-bond acceptors (Lipinski definition) is 2. The molecule has 1 N–H and O–H groups in total. The smallest absolute Gasteiger partial charge is 0.241 e. The number of carbonyl (C=O) groups is 1. The normalized spacial score (nSPS) is 15.9. The van der Waals surface area contributed by atoms with Crippen LogP contribution in [0.2, 0.25) is 5.02 Å². The minimum atomic E-state index is -0.190. The molecule has 1 heterocycles. The number of hydrogen-bond donors (Lipinski definition) is 1. The Hall–Kier alpha value is -1.84. The molecule has 0 spiro atoms. The highest BCUT2D eigenvalue weighted by Crippen LogP contribution is 2.23. The largest absolute Gasteiger partial charge is 0.323 e. The molecule has 1 aliphatic rings. The molecule has 1 amide bonds. The average molecular weight is 315 g/mol. The van der Waals surface area contributed by atoms with E-state index < -0.39 is 0 Å². The quantitative estimate of drug-likeness (QED) is 0.936. The Balaban J connectivity index is 1.68. The number of anilines is 1. The molecule has 114 valence electrons. The monoisotopic (exact) mass is 314 g/mol. The molecule has 0 unspecified atom stereocenters. The van der Waals surface area contributed by atoms with E-state index in [0.717, 1.165) is 19.5 Å². The Bertz CT molecular complexity index is 686. The summed E-state index contributed by atoms with van der Waals surface area (Å²) in [5, 5.41) is 3.48. The zero-order chi connectivity index (χ0) is 15.5. The molecule has 3 rings (SSSR count). The van der Waals surface area contributed by atoms with Gasteiger partial charge in [0.2, 0.25) is 5.91 Å². The molecule has 0 bridgehead atoms. The van der Waals surface area contributed by atoms with Crippen molar-refractivity contribution in [3.05, 3.63) is 64.7 Å². The minimum Gasteiger partial charge on any atom is -0.323 e. The molecule has 1 atom stereocenters. The van der Waals surface area contributed by atoms with E-state index in [4.69, 9.17) is 11.6 Å². The Kier molecular flexibility index (Phi) is 4.46. The van der Waals surface area contributed by atoms with Crippen LogP contribution in [0.5, 0.6) is 0 Å². The summed E-state index contributed by atoms with van der Waals surface area (Å²) in [5.41, 5.74) is 3.36. The number of amides is 1. The van der Waals surface area contributed by atoms with Crippen molar-refractivity contribution in [2.24, 2.45) is 0 Å². The highest BCUT2D eigenvalue weighted by molar-refractivity contribution is 6.33. The second kappa shape index (κ2) is 6.51. The van der Waals surface area contributed by atoms with Gasteiger partial charge >= 0.3 is 0 Å². The lowest BCUT2D eigenvalue weighted by Crippen LogP contribution is -2.44. The molecule has 22 heavy (non-hydrogen) atoms. The highest BCUT2D eigenvalue weighted by Gasteiger charge is 2.25. The Labute approximate surface area is 135 Å². The number of nitrogens with one attached hydrogen (secondary N) is 1. The first-order valence-electron chi connectivity index (χ1n) is 7.51. The van der Waals surface area contributed by atoms with E-state index >= 15 is 0 Å². The van der Waals surface area contributed by atoms with Crippen LogP contribution in [0.1, 0.15) is 18.1 Å². The van der Waals surface area contributed by atoms with Gasteiger partial charge in [-0.2, -0.15) is 0 Å². The van der Waals surface area contributed by atoms with E-state index in [2.05, 4.69) is 34.5 Å². The predicted octanol–water partition coefficient (Wildman–Crippen LogP) is 3.73. The fraction of sp³-hybridized carbons (Fsp3) is 0.278. The molecule has 1 aliphatic heterocycles. The fourth-order valence-electron chi connectivity index (χ4n) is 2.81. The number of carbonyl (C=O) groups excluding carboxylic acids is 1. The van der Waals surface area contributed by atoms with Crippen molar-refractivity contribution in [2.45, 2.75) is 25.9 Å². The zero-order valence-electron chi connectivity index (χ0n) is 12.6. The summed E-state index contributed by atoms with van der Waals surface area (Å²) in [4.78, 5) is 14.7. The fourth-order valence-corrected chi connectivity index (χ4v) is 3.00. The number of benzene rings is 2. The Morgan fingerprint density at radius 2 is 1.82 bits per heavy atom. The summed E-state index contributed by atoms with van der Waals surface area (Å²) in [5.74, 6) is -0.0209. The van der Waals surface area contributed by atoms with Gasteiger partial charge in [0.1, 0.15) is 0 Å². The van der Waals surface area contributed by atoms with Crippen LogP contribution in [0.25, 0.3) is 0 Å². The first kappa shape index (κ1) is 15.1. The van der Waals surface area contributed by atoms with Gasteiger partial charge < -0.3 is 5.32 Å². The van der Waals surface area contributed by atoms with Crippen LogP contribution in [-0.2, 0) is 17.8 Å². The Morgan fingerprint density at radius 3 is 2.59 bits per heavy atom. The van der Waals surface area contributed by atoms with Crippen molar-refractivity contribution in [1.82, 2.24) is 4.90 Å². The van der Waals surface area contributed by atoms with Gasteiger partial charge in [0.25, 0.3) is 0 Å². The summed E-state index contributed by atoms with van der Waals surface area (Å²) >= 11 is 6.10. The van der Waals surface area contributed by atoms with Crippen LogP contribution in [0.4, 0.5) is 5.69 Å². The van der Waals surface area contributed by atoms with Crippen LogP contribution >= 0.6 is 11.6 Å². The van der Waals surface area contributed by atoms with Crippen molar-refractivity contribution in [3.8, 4) is 0 Å². The van der Waals surface area contributed by atoms with Crippen LogP contribution < -0.4 is 5.32 Å². The molecule has 0 saturated heterocycles. The van der Waals surface area contributed by atoms with Gasteiger partial charge in [0.15, 0.2) is 0 Å². The van der Waals surface area contributed by atoms with Gasteiger partial charge in [0.05, 0.1) is 16.8 Å². The van der Waals surface area contributed by atoms with Crippen molar-refractivity contribution in [2.75, 3.05) is 11.9 Å². The van der Waals surface area contributed by atoms with Gasteiger partial charge in [0, 0.05) is 13.1 Å². The van der Waals surface area contributed by atoms with Crippen LogP contribution in [0.3, 0.4) is 0 Å². The topological polar surface area (TPSA) is 32.3 Å². The predicted molar refractivity (Wildman–Crippen MR) is 90.1 cm³/mol. The summed E-state index contributed by atoms with van der Waals surface area (Å²) in [7, 11) is 0. The molecule has 3 nitrogen and oxygen atoms in total. The number of nitrogens with zero attached hydrogens (tertiary/aromatic N) is 1. The Morgan fingerprint density at radius 1 is 1.14 bits per heavy atom. The molecule has 0 aliphatic carbocycles. The molecule has 0 radical (unpaired) electrons. The van der Waals surface area contributed by atoms with Gasteiger partial charge in [-0.1, -0.05) is 48.0 Å². The van der Waals surface area contributed by atoms with Crippen molar-refractivity contribution >= 4 is 23.2 Å². The van der Waals surface area contributed by atoms with E-state index in [0.29, 0.717) is 10.7 Å². The lowest BCUT2D eigenvalue weighted by molar-refractivity contribution is -0.121. The summed E-state index contributed by atoms with van der Waals surface area (Å²) < 4.78 is 0. The molecule has 0 fully saturated rings. The third-order valence-corrected chi connectivity index (χ3v) is 4.55. The van der Waals surface area contributed by atoms with E-state index in [1.165, 1.54) is 11.1 Å². The highest BCUT2D eigenvalue weighted by atomic mass is 35.5. The number of para-hydroxylation sites is 1. The standard InChI is InChI=1S/C18H19ClN2O/c1-13(18(22)20-17-9-5-4-8-16(17)19)21-11-10-14-6-2-3-7-15(14)12-21/h2-9,13H,10-12H2,1H3,(H,20,22)/t13-/m1/s1. The summed E-state index contributed by atoms with van der Waals surface area (Å²) in [6, 6.07) is 15.5. The maximum Gasteiger partial charge on any atom is 0.241 e. The lowest BCUT2D eigenvalue weighted by Gasteiger charge is -2.32. The first-order valence-corrected chi connectivity index (χ1v) is 7.89. The minimum absolute atomic E-state index is 0.0209.